The fraction of sp³-hybridized carbons (Fsp3) is 0.267. The first-order chi connectivity index (χ1) is 9.99. The Morgan fingerprint density at radius 1 is 1.10 bits per heavy atom. The highest BCUT2D eigenvalue weighted by Crippen LogP contribution is 2.29. The van der Waals surface area contributed by atoms with E-state index in [-0.39, 0.29) is 0 Å². The molecule has 0 radical (unpaired) electrons. The third kappa shape index (κ3) is 4.37. The molecule has 6 heteroatoms. The predicted molar refractivity (Wildman–Crippen MR) is 74.2 cm³/mol. The van der Waals surface area contributed by atoms with Gasteiger partial charge in [-0.05, 0) is 30.7 Å². The van der Waals surface area contributed by atoms with Gasteiger partial charge in [0.25, 0.3) is 0 Å². The predicted octanol–water partition coefficient (Wildman–Crippen LogP) is 4.11. The number of ether oxygens (including phenoxy) is 1. The van der Waals surface area contributed by atoms with E-state index in [1.165, 1.54) is 12.1 Å². The van der Waals surface area contributed by atoms with Crippen molar-refractivity contribution in [2.45, 2.75) is 19.6 Å². The number of nitrogens with zero attached hydrogens (tertiary/aromatic N) is 1. The Balaban J connectivity index is 1.98. The molecule has 1 aromatic carbocycles. The number of rotatable bonds is 5. The Morgan fingerprint density at radius 2 is 1.81 bits per heavy atom. The van der Waals surface area contributed by atoms with Crippen LogP contribution in [0.1, 0.15) is 18.1 Å². The number of benzene rings is 1. The van der Waals surface area contributed by atoms with E-state index < -0.39 is 11.7 Å². The molecule has 0 saturated carbocycles. The zero-order chi connectivity index (χ0) is 15.3. The molecule has 2 rings (SSSR count). The van der Waals surface area contributed by atoms with Gasteiger partial charge in [-0.2, -0.15) is 18.2 Å². The first-order valence-corrected chi connectivity index (χ1v) is 6.49. The van der Waals surface area contributed by atoms with Gasteiger partial charge >= 0.3 is 6.18 Å². The van der Waals surface area contributed by atoms with Crippen LogP contribution >= 0.6 is 0 Å². The lowest BCUT2D eigenvalue weighted by atomic mass is 10.1. The number of pyridine rings is 1. The van der Waals surface area contributed by atoms with E-state index >= 15 is 0 Å². The average Bonchev–Trinajstić information content (AvgIpc) is 2.45. The van der Waals surface area contributed by atoms with Gasteiger partial charge in [-0.25, -0.2) is 0 Å². The molecule has 0 amide bonds. The SMILES string of the molecule is CCOc1cccc(NCc2ccc(C(F)(F)F)cc2)n1. The Hall–Kier alpha value is -2.24. The van der Waals surface area contributed by atoms with Gasteiger partial charge in [0.15, 0.2) is 0 Å². The molecule has 2 aromatic rings. The van der Waals surface area contributed by atoms with Crippen LogP contribution in [0.3, 0.4) is 0 Å². The van der Waals surface area contributed by atoms with Crippen LogP contribution in [0.15, 0.2) is 42.5 Å². The first kappa shape index (κ1) is 15.2. The van der Waals surface area contributed by atoms with Gasteiger partial charge in [0, 0.05) is 12.6 Å². The maximum atomic E-state index is 12.4. The monoisotopic (exact) mass is 296 g/mol. The Kier molecular flexibility index (Phi) is 4.67. The summed E-state index contributed by atoms with van der Waals surface area (Å²) in [6, 6.07) is 10.3. The summed E-state index contributed by atoms with van der Waals surface area (Å²) in [6.07, 6.45) is -4.31. The molecule has 0 bridgehead atoms. The highest BCUT2D eigenvalue weighted by molar-refractivity contribution is 5.38. The zero-order valence-electron chi connectivity index (χ0n) is 11.4. The average molecular weight is 296 g/mol. The number of hydrogen-bond acceptors (Lipinski definition) is 3. The summed E-state index contributed by atoms with van der Waals surface area (Å²) in [4.78, 5) is 4.22. The summed E-state index contributed by atoms with van der Waals surface area (Å²) >= 11 is 0. The molecule has 0 unspecified atom stereocenters. The standard InChI is InChI=1S/C15H15F3N2O/c1-2-21-14-5-3-4-13(20-14)19-10-11-6-8-12(9-7-11)15(16,17)18/h3-9H,2,10H2,1H3,(H,19,20). The van der Waals surface area contributed by atoms with E-state index in [0.717, 1.165) is 17.7 Å². The summed E-state index contributed by atoms with van der Waals surface area (Å²) in [6.45, 7) is 2.78. The van der Waals surface area contributed by atoms with Crippen molar-refractivity contribution < 1.29 is 17.9 Å². The molecule has 0 saturated heterocycles. The van der Waals surface area contributed by atoms with Gasteiger partial charge < -0.3 is 10.1 Å². The molecule has 1 heterocycles. The van der Waals surface area contributed by atoms with E-state index in [0.29, 0.717) is 24.8 Å². The molecule has 3 nitrogen and oxygen atoms in total. The van der Waals surface area contributed by atoms with Crippen molar-refractivity contribution in [3.63, 3.8) is 0 Å². The van der Waals surface area contributed by atoms with Crippen molar-refractivity contribution in [1.29, 1.82) is 0 Å². The molecule has 0 spiro atoms. The number of nitrogens with one attached hydrogen (secondary N) is 1. The largest absolute Gasteiger partial charge is 0.478 e. The second kappa shape index (κ2) is 6.47. The zero-order valence-corrected chi connectivity index (χ0v) is 11.4. The molecule has 1 aromatic heterocycles. The number of aromatic nitrogens is 1. The summed E-state index contributed by atoms with van der Waals surface area (Å²) < 4.78 is 42.6. The third-order valence-corrected chi connectivity index (χ3v) is 2.77. The second-order valence-electron chi connectivity index (χ2n) is 4.34. The molecular weight excluding hydrogens is 281 g/mol. The molecule has 1 N–H and O–H groups in total. The number of anilines is 1. The van der Waals surface area contributed by atoms with Gasteiger partial charge in [0.05, 0.1) is 12.2 Å². The van der Waals surface area contributed by atoms with E-state index in [9.17, 15) is 13.2 Å². The molecular formula is C15H15F3N2O. The van der Waals surface area contributed by atoms with Gasteiger partial charge in [-0.1, -0.05) is 18.2 Å². The fourth-order valence-corrected chi connectivity index (χ4v) is 1.75. The topological polar surface area (TPSA) is 34.1 Å². The Labute approximate surface area is 120 Å². The lowest BCUT2D eigenvalue weighted by Gasteiger charge is -2.09. The fourth-order valence-electron chi connectivity index (χ4n) is 1.75. The summed E-state index contributed by atoms with van der Waals surface area (Å²) in [5, 5.41) is 3.05. The van der Waals surface area contributed by atoms with E-state index in [1.54, 1.807) is 18.2 Å². The summed E-state index contributed by atoms with van der Waals surface area (Å²) in [5.74, 6) is 1.12. The smallest absolute Gasteiger partial charge is 0.416 e. The van der Waals surface area contributed by atoms with Crippen molar-refractivity contribution in [2.75, 3.05) is 11.9 Å². The lowest BCUT2D eigenvalue weighted by Crippen LogP contribution is -2.06. The Morgan fingerprint density at radius 3 is 2.43 bits per heavy atom. The van der Waals surface area contributed by atoms with Crippen LogP contribution in [0.25, 0.3) is 0 Å². The van der Waals surface area contributed by atoms with Crippen molar-refractivity contribution in [2.24, 2.45) is 0 Å². The maximum Gasteiger partial charge on any atom is 0.416 e. The van der Waals surface area contributed by atoms with E-state index in [4.69, 9.17) is 4.74 Å². The minimum absolute atomic E-state index is 0.390. The molecule has 0 atom stereocenters. The normalized spacial score (nSPS) is 11.2. The van der Waals surface area contributed by atoms with Crippen LogP contribution < -0.4 is 10.1 Å². The molecule has 0 aliphatic carbocycles. The van der Waals surface area contributed by atoms with Gasteiger partial charge in [-0.3, -0.25) is 0 Å². The van der Waals surface area contributed by atoms with Crippen LogP contribution in [-0.2, 0) is 12.7 Å². The van der Waals surface area contributed by atoms with Crippen molar-refractivity contribution in [3.05, 3.63) is 53.6 Å². The molecule has 21 heavy (non-hydrogen) atoms. The van der Waals surface area contributed by atoms with E-state index in [2.05, 4.69) is 10.3 Å². The highest BCUT2D eigenvalue weighted by Gasteiger charge is 2.29. The lowest BCUT2D eigenvalue weighted by molar-refractivity contribution is -0.137. The minimum Gasteiger partial charge on any atom is -0.478 e. The molecule has 0 aliphatic rings. The van der Waals surface area contributed by atoms with Crippen LogP contribution in [0.5, 0.6) is 5.88 Å². The molecule has 112 valence electrons. The first-order valence-electron chi connectivity index (χ1n) is 6.49. The van der Waals surface area contributed by atoms with Gasteiger partial charge in [-0.15, -0.1) is 0 Å². The minimum atomic E-state index is -4.31. The highest BCUT2D eigenvalue weighted by atomic mass is 19.4. The summed E-state index contributed by atoms with van der Waals surface area (Å²) in [7, 11) is 0. The third-order valence-electron chi connectivity index (χ3n) is 2.77. The van der Waals surface area contributed by atoms with E-state index in [1.807, 2.05) is 6.92 Å². The second-order valence-corrected chi connectivity index (χ2v) is 4.34. The van der Waals surface area contributed by atoms with Gasteiger partial charge in [0.2, 0.25) is 5.88 Å². The molecule has 0 aliphatic heterocycles. The number of hydrogen-bond donors (Lipinski definition) is 1. The van der Waals surface area contributed by atoms with Gasteiger partial charge in [0.1, 0.15) is 5.82 Å². The van der Waals surface area contributed by atoms with Crippen LogP contribution in [0.4, 0.5) is 19.0 Å². The van der Waals surface area contributed by atoms with Crippen LogP contribution in [0, 0.1) is 0 Å². The number of alkyl halides is 3. The molecule has 0 fully saturated rings. The maximum absolute atomic E-state index is 12.4. The summed E-state index contributed by atoms with van der Waals surface area (Å²) in [5.41, 5.74) is 0.0920. The quantitative estimate of drug-likeness (QED) is 0.901. The number of halogens is 3. The van der Waals surface area contributed by atoms with Crippen LogP contribution in [-0.4, -0.2) is 11.6 Å². The van der Waals surface area contributed by atoms with Crippen molar-refractivity contribution in [1.82, 2.24) is 4.98 Å². The Bertz CT molecular complexity index is 582. The van der Waals surface area contributed by atoms with Crippen molar-refractivity contribution >= 4 is 5.82 Å². The van der Waals surface area contributed by atoms with Crippen molar-refractivity contribution in [3.8, 4) is 5.88 Å². The van der Waals surface area contributed by atoms with Crippen LogP contribution in [0.2, 0.25) is 0 Å².